The van der Waals surface area contributed by atoms with Crippen LogP contribution < -0.4 is 5.32 Å². The number of carbonyl (C=O) groups excluding carboxylic acids is 3. The number of ether oxygens (including phenoxy) is 2. The van der Waals surface area contributed by atoms with Crippen molar-refractivity contribution >= 4 is 23.7 Å². The van der Waals surface area contributed by atoms with E-state index in [1.807, 2.05) is 24.3 Å². The monoisotopic (exact) mass is 346 g/mol. The van der Waals surface area contributed by atoms with Gasteiger partial charge in [-0.25, -0.2) is 9.59 Å². The number of amides is 2. The van der Waals surface area contributed by atoms with Crippen LogP contribution in [0.1, 0.15) is 32.8 Å². The molecule has 0 radical (unpaired) electrons. The summed E-state index contributed by atoms with van der Waals surface area (Å²) in [5.41, 5.74) is -0.169. The van der Waals surface area contributed by atoms with Gasteiger partial charge in [0.25, 0.3) is 0 Å². The second kappa shape index (κ2) is 5.75. The number of para-hydroxylation sites is 1. The Labute approximate surface area is 146 Å². The lowest BCUT2D eigenvalue weighted by molar-refractivity contribution is -0.145. The predicted molar refractivity (Wildman–Crippen MR) is 90.1 cm³/mol. The number of rotatable bonds is 1. The first-order valence-corrected chi connectivity index (χ1v) is 8.16. The second-order valence-corrected chi connectivity index (χ2v) is 7.43. The molecule has 0 aliphatic carbocycles. The summed E-state index contributed by atoms with van der Waals surface area (Å²) >= 11 is 0. The number of methoxy groups -OCH3 is 1. The van der Waals surface area contributed by atoms with E-state index in [9.17, 15) is 14.4 Å². The average Bonchev–Trinajstić information content (AvgIpc) is 3.06. The molecule has 2 heterocycles. The van der Waals surface area contributed by atoms with Gasteiger partial charge in [0, 0.05) is 12.2 Å². The van der Waals surface area contributed by atoms with Gasteiger partial charge in [-0.15, -0.1) is 0 Å². The summed E-state index contributed by atoms with van der Waals surface area (Å²) in [4.78, 5) is 38.9. The van der Waals surface area contributed by atoms with E-state index in [0.717, 1.165) is 5.56 Å². The van der Waals surface area contributed by atoms with Gasteiger partial charge in [-0.2, -0.15) is 0 Å². The summed E-state index contributed by atoms with van der Waals surface area (Å²) in [6.07, 6.45) is -0.459. The van der Waals surface area contributed by atoms with Crippen molar-refractivity contribution in [3.05, 3.63) is 29.8 Å². The fourth-order valence-electron chi connectivity index (χ4n) is 3.50. The molecule has 7 nitrogen and oxygen atoms in total. The zero-order valence-electron chi connectivity index (χ0n) is 14.8. The van der Waals surface area contributed by atoms with Gasteiger partial charge in [0.05, 0.1) is 12.5 Å². The standard InChI is InChI=1S/C18H22N2O5/c1-17(2,3)25-16(23)20-10-18(9-13(20)14(21)24-4)11-7-5-6-8-12(11)19-15(18)22/h5-8,13H,9-10H2,1-4H3,(H,19,22)/t13-,18+/m1/s1. The minimum Gasteiger partial charge on any atom is -0.467 e. The van der Waals surface area contributed by atoms with Crippen LogP contribution in [0.5, 0.6) is 0 Å². The Bertz CT molecular complexity index is 739. The Balaban J connectivity index is 1.99. The van der Waals surface area contributed by atoms with Gasteiger partial charge in [0.2, 0.25) is 5.91 Å². The molecule has 1 aromatic rings. The van der Waals surface area contributed by atoms with E-state index in [1.54, 1.807) is 20.8 Å². The quantitative estimate of drug-likeness (QED) is 0.787. The highest BCUT2D eigenvalue weighted by Crippen LogP contribution is 2.46. The lowest BCUT2D eigenvalue weighted by atomic mass is 9.79. The Kier molecular flexibility index (Phi) is 3.97. The molecule has 0 bridgehead atoms. The average molecular weight is 346 g/mol. The van der Waals surface area contributed by atoms with E-state index < -0.39 is 29.1 Å². The highest BCUT2D eigenvalue weighted by Gasteiger charge is 2.58. The Hall–Kier alpha value is -2.57. The molecule has 1 fully saturated rings. The number of nitrogens with one attached hydrogen (secondary N) is 1. The number of benzene rings is 1. The third-order valence-electron chi connectivity index (χ3n) is 4.59. The van der Waals surface area contributed by atoms with Crippen LogP contribution in [0.3, 0.4) is 0 Å². The number of nitrogens with zero attached hydrogens (tertiary/aromatic N) is 1. The van der Waals surface area contributed by atoms with Gasteiger partial charge in [0.15, 0.2) is 0 Å². The van der Waals surface area contributed by atoms with Crippen molar-refractivity contribution in [2.45, 2.75) is 44.2 Å². The first-order chi connectivity index (χ1) is 11.7. The Morgan fingerprint density at radius 2 is 1.96 bits per heavy atom. The number of fused-ring (bicyclic) bond motifs is 2. The number of esters is 1. The summed E-state index contributed by atoms with van der Waals surface area (Å²) < 4.78 is 10.3. The van der Waals surface area contributed by atoms with Crippen molar-refractivity contribution in [2.24, 2.45) is 0 Å². The van der Waals surface area contributed by atoms with Gasteiger partial charge in [-0.1, -0.05) is 18.2 Å². The maximum absolute atomic E-state index is 12.7. The lowest BCUT2D eigenvalue weighted by Gasteiger charge is -2.27. The van der Waals surface area contributed by atoms with E-state index >= 15 is 0 Å². The van der Waals surface area contributed by atoms with Crippen molar-refractivity contribution in [1.29, 1.82) is 0 Å². The van der Waals surface area contributed by atoms with Gasteiger partial charge in [0.1, 0.15) is 11.6 Å². The largest absolute Gasteiger partial charge is 0.467 e. The van der Waals surface area contributed by atoms with Crippen molar-refractivity contribution in [1.82, 2.24) is 4.90 Å². The normalized spacial score (nSPS) is 24.9. The van der Waals surface area contributed by atoms with E-state index in [0.29, 0.717) is 5.69 Å². The highest BCUT2D eigenvalue weighted by atomic mass is 16.6. The van der Waals surface area contributed by atoms with Gasteiger partial charge >= 0.3 is 12.1 Å². The highest BCUT2D eigenvalue weighted by molar-refractivity contribution is 6.07. The molecular formula is C18H22N2O5. The summed E-state index contributed by atoms with van der Waals surface area (Å²) in [6.45, 7) is 5.33. The van der Waals surface area contributed by atoms with Crippen LogP contribution in [-0.4, -0.2) is 48.2 Å². The number of hydrogen-bond donors (Lipinski definition) is 1. The van der Waals surface area contributed by atoms with Gasteiger partial charge in [-0.3, -0.25) is 9.69 Å². The number of hydrogen-bond acceptors (Lipinski definition) is 5. The maximum Gasteiger partial charge on any atom is 0.411 e. The van der Waals surface area contributed by atoms with Crippen molar-refractivity contribution in [3.8, 4) is 0 Å². The van der Waals surface area contributed by atoms with Crippen LogP contribution in [0.25, 0.3) is 0 Å². The molecule has 0 unspecified atom stereocenters. The lowest BCUT2D eigenvalue weighted by Crippen LogP contribution is -2.44. The molecular weight excluding hydrogens is 324 g/mol. The van der Waals surface area contributed by atoms with Crippen molar-refractivity contribution < 1.29 is 23.9 Å². The molecule has 1 aromatic carbocycles. The molecule has 2 aliphatic heterocycles. The Morgan fingerprint density at radius 3 is 2.60 bits per heavy atom. The van der Waals surface area contributed by atoms with Crippen molar-refractivity contribution in [3.63, 3.8) is 0 Å². The van der Waals surface area contributed by atoms with Crippen LogP contribution in [0.15, 0.2) is 24.3 Å². The molecule has 2 amide bonds. The molecule has 0 aromatic heterocycles. The molecule has 1 saturated heterocycles. The van der Waals surface area contributed by atoms with Crippen LogP contribution in [0.2, 0.25) is 0 Å². The molecule has 3 rings (SSSR count). The maximum atomic E-state index is 12.7. The van der Waals surface area contributed by atoms with Crippen LogP contribution >= 0.6 is 0 Å². The van der Waals surface area contributed by atoms with E-state index in [-0.39, 0.29) is 18.9 Å². The SMILES string of the molecule is COC(=O)[C@H]1C[C@@]2(CN1C(=O)OC(C)(C)C)C(=O)Nc1ccccc12. The molecule has 0 saturated carbocycles. The van der Waals surface area contributed by atoms with Gasteiger partial charge < -0.3 is 14.8 Å². The summed E-state index contributed by atoms with van der Waals surface area (Å²) in [7, 11) is 1.27. The molecule has 2 aliphatic rings. The minimum absolute atomic E-state index is 0.0739. The van der Waals surface area contributed by atoms with E-state index in [2.05, 4.69) is 5.32 Å². The number of anilines is 1. The smallest absolute Gasteiger partial charge is 0.411 e. The fraction of sp³-hybridized carbons (Fsp3) is 0.500. The molecule has 7 heteroatoms. The van der Waals surface area contributed by atoms with E-state index in [4.69, 9.17) is 9.47 Å². The number of likely N-dealkylation sites (tertiary alicyclic amines) is 1. The molecule has 134 valence electrons. The van der Waals surface area contributed by atoms with Gasteiger partial charge in [-0.05, 0) is 38.8 Å². The topological polar surface area (TPSA) is 84.9 Å². The van der Waals surface area contributed by atoms with Crippen LogP contribution in [0.4, 0.5) is 10.5 Å². The minimum atomic E-state index is -0.966. The number of carbonyl (C=O) groups is 3. The first-order valence-electron chi connectivity index (χ1n) is 8.16. The second-order valence-electron chi connectivity index (χ2n) is 7.43. The summed E-state index contributed by atoms with van der Waals surface area (Å²) in [5, 5.41) is 2.85. The fourth-order valence-corrected chi connectivity index (χ4v) is 3.50. The van der Waals surface area contributed by atoms with Crippen molar-refractivity contribution in [2.75, 3.05) is 19.0 Å². The molecule has 25 heavy (non-hydrogen) atoms. The van der Waals surface area contributed by atoms with Crippen LogP contribution in [-0.2, 0) is 24.5 Å². The van der Waals surface area contributed by atoms with Crippen LogP contribution in [0, 0.1) is 0 Å². The zero-order valence-corrected chi connectivity index (χ0v) is 14.8. The van der Waals surface area contributed by atoms with E-state index in [1.165, 1.54) is 12.0 Å². The molecule has 1 N–H and O–H groups in total. The molecule has 1 spiro atoms. The third-order valence-corrected chi connectivity index (χ3v) is 4.59. The summed E-state index contributed by atoms with van der Waals surface area (Å²) in [5.74, 6) is -0.770. The Morgan fingerprint density at radius 1 is 1.28 bits per heavy atom. The zero-order chi connectivity index (χ0) is 18.4. The predicted octanol–water partition coefficient (Wildman–Crippen LogP) is 2.06. The first kappa shape index (κ1) is 17.3. The summed E-state index contributed by atoms with van der Waals surface area (Å²) in [6, 6.07) is 6.46. The third kappa shape index (κ3) is 2.83. The molecule has 2 atom stereocenters.